The zero-order chi connectivity index (χ0) is 14.6. The molecule has 1 amide bonds. The molecule has 0 fully saturated rings. The summed E-state index contributed by atoms with van der Waals surface area (Å²) in [4.78, 5) is 23.8. The van der Waals surface area contributed by atoms with Gasteiger partial charge in [-0.25, -0.2) is 0 Å². The molecule has 0 aliphatic heterocycles. The van der Waals surface area contributed by atoms with Gasteiger partial charge in [-0.3, -0.25) is 14.9 Å². The summed E-state index contributed by atoms with van der Waals surface area (Å²) in [6.07, 6.45) is 1.56. The lowest BCUT2D eigenvalue weighted by Crippen LogP contribution is -2.31. The van der Waals surface area contributed by atoms with Gasteiger partial charge in [-0.2, -0.15) is 0 Å². The van der Waals surface area contributed by atoms with Gasteiger partial charge in [-0.1, -0.05) is 29.3 Å². The first kappa shape index (κ1) is 15.5. The minimum absolute atomic E-state index is 0.0137. The number of non-ortho nitro benzene ring substituents is 1. The van der Waals surface area contributed by atoms with Crippen molar-refractivity contribution >= 4 is 34.8 Å². The fourth-order valence-electron chi connectivity index (χ4n) is 1.52. The van der Waals surface area contributed by atoms with Crippen molar-refractivity contribution in [2.24, 2.45) is 0 Å². The molecule has 19 heavy (non-hydrogen) atoms. The Bertz CT molecular complexity index is 532. The van der Waals surface area contributed by atoms with Crippen LogP contribution < -0.4 is 0 Å². The lowest BCUT2D eigenvalue weighted by molar-refractivity contribution is -0.384. The number of carbonyl (C=O) groups is 1. The molecule has 0 aromatic heterocycles. The Labute approximate surface area is 120 Å². The summed E-state index contributed by atoms with van der Waals surface area (Å²) >= 11 is 11.7. The second kappa shape index (κ2) is 6.54. The molecule has 0 atom stereocenters. The quantitative estimate of drug-likeness (QED) is 0.475. The normalized spacial score (nSPS) is 10.1. The van der Waals surface area contributed by atoms with Crippen LogP contribution >= 0.6 is 23.2 Å². The van der Waals surface area contributed by atoms with Crippen molar-refractivity contribution in [3.63, 3.8) is 0 Å². The highest BCUT2D eigenvalue weighted by Gasteiger charge is 2.22. The van der Waals surface area contributed by atoms with E-state index in [-0.39, 0.29) is 21.3 Å². The first-order chi connectivity index (χ1) is 8.92. The minimum Gasteiger partial charge on any atom is -0.335 e. The maximum Gasteiger partial charge on any atom is 0.271 e. The van der Waals surface area contributed by atoms with Crippen LogP contribution in [0.2, 0.25) is 10.0 Å². The van der Waals surface area contributed by atoms with Gasteiger partial charge in [0.1, 0.15) is 0 Å². The van der Waals surface area contributed by atoms with Gasteiger partial charge in [-0.15, -0.1) is 6.58 Å². The third-order valence-electron chi connectivity index (χ3n) is 2.47. The smallest absolute Gasteiger partial charge is 0.271 e. The van der Waals surface area contributed by atoms with E-state index < -0.39 is 10.8 Å². The standard InChI is InChI=1S/C12H12Cl2N2O3/c1-3-5-15(4-2)12(17)9-6-8(16(18)19)7-10(13)11(9)14/h3,6-7H,1,4-5H2,2H3. The van der Waals surface area contributed by atoms with Crippen LogP contribution in [0.25, 0.3) is 0 Å². The number of benzene rings is 1. The molecule has 0 radical (unpaired) electrons. The van der Waals surface area contributed by atoms with Gasteiger partial charge in [0.25, 0.3) is 11.6 Å². The van der Waals surface area contributed by atoms with Gasteiger partial charge >= 0.3 is 0 Å². The number of nitro groups is 1. The Morgan fingerprint density at radius 3 is 2.63 bits per heavy atom. The van der Waals surface area contributed by atoms with Crippen LogP contribution in [0.1, 0.15) is 17.3 Å². The van der Waals surface area contributed by atoms with E-state index in [1.807, 2.05) is 0 Å². The summed E-state index contributed by atoms with van der Waals surface area (Å²) in [6, 6.07) is 2.24. The lowest BCUT2D eigenvalue weighted by atomic mass is 10.1. The molecular weight excluding hydrogens is 291 g/mol. The Balaban J connectivity index is 3.28. The molecule has 102 valence electrons. The van der Waals surface area contributed by atoms with Crippen LogP contribution in [-0.4, -0.2) is 28.8 Å². The van der Waals surface area contributed by atoms with E-state index in [9.17, 15) is 14.9 Å². The summed E-state index contributed by atoms with van der Waals surface area (Å²) in [5, 5.41) is 10.8. The largest absolute Gasteiger partial charge is 0.335 e. The number of nitrogens with zero attached hydrogens (tertiary/aromatic N) is 2. The lowest BCUT2D eigenvalue weighted by Gasteiger charge is -2.19. The van der Waals surface area contributed by atoms with E-state index >= 15 is 0 Å². The molecule has 0 unspecified atom stereocenters. The maximum atomic E-state index is 12.2. The number of halogens is 2. The minimum atomic E-state index is -0.622. The first-order valence-corrected chi connectivity index (χ1v) is 6.21. The van der Waals surface area contributed by atoms with Crippen LogP contribution in [0.15, 0.2) is 24.8 Å². The molecule has 0 N–H and O–H groups in total. The number of hydrogen-bond donors (Lipinski definition) is 0. The SMILES string of the molecule is C=CCN(CC)C(=O)c1cc([N+](=O)[O-])cc(Cl)c1Cl. The Morgan fingerprint density at radius 2 is 2.16 bits per heavy atom. The van der Waals surface area contributed by atoms with Crippen LogP contribution in [0, 0.1) is 10.1 Å². The van der Waals surface area contributed by atoms with Gasteiger partial charge < -0.3 is 4.90 Å². The molecule has 5 nitrogen and oxygen atoms in total. The Morgan fingerprint density at radius 1 is 1.53 bits per heavy atom. The highest BCUT2D eigenvalue weighted by molar-refractivity contribution is 6.44. The third kappa shape index (κ3) is 3.45. The predicted octanol–water partition coefficient (Wildman–Crippen LogP) is 3.55. The molecule has 7 heteroatoms. The van der Waals surface area contributed by atoms with Crippen molar-refractivity contribution in [3.8, 4) is 0 Å². The van der Waals surface area contributed by atoms with Gasteiger partial charge in [-0.05, 0) is 6.92 Å². The zero-order valence-electron chi connectivity index (χ0n) is 10.2. The van der Waals surface area contributed by atoms with Crippen LogP contribution in [-0.2, 0) is 0 Å². The second-order valence-corrected chi connectivity index (χ2v) is 4.46. The van der Waals surface area contributed by atoms with E-state index in [0.29, 0.717) is 13.1 Å². The van der Waals surface area contributed by atoms with Crippen molar-refractivity contribution in [1.29, 1.82) is 0 Å². The van der Waals surface area contributed by atoms with Crippen LogP contribution in [0.3, 0.4) is 0 Å². The first-order valence-electron chi connectivity index (χ1n) is 5.46. The van der Waals surface area contributed by atoms with Gasteiger partial charge in [0.2, 0.25) is 0 Å². The zero-order valence-corrected chi connectivity index (χ0v) is 11.7. The Hall–Kier alpha value is -1.59. The molecule has 0 aliphatic rings. The predicted molar refractivity (Wildman–Crippen MR) is 74.9 cm³/mol. The molecule has 0 spiro atoms. The highest BCUT2D eigenvalue weighted by atomic mass is 35.5. The number of hydrogen-bond acceptors (Lipinski definition) is 3. The average Bonchev–Trinajstić information content (AvgIpc) is 2.37. The number of likely N-dealkylation sites (N-methyl/N-ethyl adjacent to an activating group) is 1. The van der Waals surface area contributed by atoms with Crippen molar-refractivity contribution in [2.75, 3.05) is 13.1 Å². The topological polar surface area (TPSA) is 63.5 Å². The molecule has 0 bridgehead atoms. The van der Waals surface area contributed by atoms with Crippen LogP contribution in [0.5, 0.6) is 0 Å². The Kier molecular flexibility index (Phi) is 5.32. The monoisotopic (exact) mass is 302 g/mol. The number of nitro benzene ring substituents is 1. The molecular formula is C12H12Cl2N2O3. The average molecular weight is 303 g/mol. The van der Waals surface area contributed by atoms with Crippen molar-refractivity contribution in [3.05, 3.63) is 50.5 Å². The van der Waals surface area contributed by atoms with E-state index in [0.717, 1.165) is 12.1 Å². The molecule has 0 saturated carbocycles. The summed E-state index contributed by atoms with van der Waals surface area (Å²) in [7, 11) is 0. The second-order valence-electron chi connectivity index (χ2n) is 3.68. The maximum absolute atomic E-state index is 12.2. The third-order valence-corrected chi connectivity index (χ3v) is 3.27. The number of rotatable bonds is 5. The fourth-order valence-corrected chi connectivity index (χ4v) is 1.92. The highest BCUT2D eigenvalue weighted by Crippen LogP contribution is 2.31. The summed E-state index contributed by atoms with van der Waals surface area (Å²) < 4.78 is 0. The molecule has 0 aliphatic carbocycles. The summed E-state index contributed by atoms with van der Waals surface area (Å²) in [5.74, 6) is -0.419. The van der Waals surface area contributed by atoms with Gasteiger partial charge in [0.05, 0.1) is 20.5 Å². The summed E-state index contributed by atoms with van der Waals surface area (Å²) in [6.45, 7) is 6.09. The van der Waals surface area contributed by atoms with Crippen molar-refractivity contribution in [1.82, 2.24) is 4.90 Å². The number of carbonyl (C=O) groups excluding carboxylic acids is 1. The fraction of sp³-hybridized carbons (Fsp3) is 0.250. The van der Waals surface area contributed by atoms with E-state index in [1.54, 1.807) is 13.0 Å². The van der Waals surface area contributed by atoms with Gasteiger partial charge in [0.15, 0.2) is 0 Å². The van der Waals surface area contributed by atoms with Crippen LogP contribution in [0.4, 0.5) is 5.69 Å². The molecule has 1 aromatic rings. The molecule has 1 aromatic carbocycles. The van der Waals surface area contributed by atoms with Crippen molar-refractivity contribution in [2.45, 2.75) is 6.92 Å². The van der Waals surface area contributed by atoms with Gasteiger partial charge in [0, 0.05) is 25.2 Å². The van der Waals surface area contributed by atoms with E-state index in [1.165, 1.54) is 4.90 Å². The number of amides is 1. The molecule has 0 saturated heterocycles. The molecule has 1 rings (SSSR count). The van der Waals surface area contributed by atoms with Crippen molar-refractivity contribution < 1.29 is 9.72 Å². The van der Waals surface area contributed by atoms with E-state index in [4.69, 9.17) is 23.2 Å². The summed E-state index contributed by atoms with van der Waals surface area (Å²) in [5.41, 5.74) is -0.253. The molecule has 0 heterocycles. The van der Waals surface area contributed by atoms with E-state index in [2.05, 4.69) is 6.58 Å².